The minimum absolute atomic E-state index is 0.169. The maximum Gasteiger partial charge on any atom is 0.141 e. The summed E-state index contributed by atoms with van der Waals surface area (Å²) in [6.45, 7) is 4.91. The van der Waals surface area contributed by atoms with Gasteiger partial charge in [0.15, 0.2) is 0 Å². The van der Waals surface area contributed by atoms with Crippen molar-refractivity contribution in [3.05, 3.63) is 0 Å². The van der Waals surface area contributed by atoms with Crippen LogP contribution in [0.1, 0.15) is 39.5 Å². The molecule has 0 saturated carbocycles. The van der Waals surface area contributed by atoms with Crippen LogP contribution < -0.4 is 0 Å². The van der Waals surface area contributed by atoms with Crippen LogP contribution in [0, 0.1) is 5.92 Å². The first-order valence-electron chi connectivity index (χ1n) is 5.35. The van der Waals surface area contributed by atoms with Crippen molar-refractivity contribution in [1.29, 1.82) is 0 Å². The summed E-state index contributed by atoms with van der Waals surface area (Å²) in [5.41, 5.74) is 0.169. The van der Waals surface area contributed by atoms with Gasteiger partial charge in [0.2, 0.25) is 0 Å². The molecule has 1 saturated heterocycles. The Kier molecular flexibility index (Phi) is 6.60. The van der Waals surface area contributed by atoms with Gasteiger partial charge in [0.05, 0.1) is 6.61 Å². The van der Waals surface area contributed by atoms with Crippen molar-refractivity contribution < 1.29 is 14.8 Å². The van der Waals surface area contributed by atoms with Gasteiger partial charge in [-0.1, -0.05) is 18.9 Å². The van der Waals surface area contributed by atoms with Gasteiger partial charge in [0, 0.05) is 0 Å². The third kappa shape index (κ3) is 5.86. The monoisotopic (exact) mass is 220 g/mol. The quantitative estimate of drug-likeness (QED) is 0.390. The van der Waals surface area contributed by atoms with Crippen LogP contribution in [0.3, 0.4) is 0 Å². The number of rotatable bonds is 6. The fourth-order valence-corrected chi connectivity index (χ4v) is 2.23. The fraction of sp³-hybridized carbons (Fsp3) is 1.00. The van der Waals surface area contributed by atoms with Crippen molar-refractivity contribution in [3.8, 4) is 0 Å². The predicted octanol–water partition coefficient (Wildman–Crippen LogP) is 3.16. The van der Waals surface area contributed by atoms with Crippen LogP contribution in [-0.4, -0.2) is 17.8 Å². The molecule has 0 radical (unpaired) electrons. The van der Waals surface area contributed by atoms with Gasteiger partial charge in [-0.25, -0.2) is 4.89 Å². The van der Waals surface area contributed by atoms with Crippen LogP contribution in [0.25, 0.3) is 0 Å². The lowest BCUT2D eigenvalue weighted by Crippen LogP contribution is -2.14. The largest absolute Gasteiger partial charge is 0.206 e. The minimum Gasteiger partial charge on any atom is -0.206 e. The molecule has 0 N–H and O–H groups in total. The van der Waals surface area contributed by atoms with E-state index in [1.54, 1.807) is 11.8 Å². The Labute approximate surface area is 90.3 Å². The molecule has 1 aliphatic heterocycles. The number of hydrogen-bond acceptors (Lipinski definition) is 4. The molecule has 1 unspecified atom stereocenters. The van der Waals surface area contributed by atoms with Gasteiger partial charge in [0.1, 0.15) is 5.44 Å². The molecule has 1 fully saturated rings. The highest BCUT2D eigenvalue weighted by Gasteiger charge is 2.15. The zero-order chi connectivity index (χ0) is 10.2. The van der Waals surface area contributed by atoms with E-state index in [9.17, 15) is 0 Å². The van der Waals surface area contributed by atoms with E-state index in [2.05, 4.69) is 13.8 Å². The molecule has 0 aromatic rings. The predicted molar refractivity (Wildman–Crippen MR) is 57.7 cm³/mol. The molecule has 1 aliphatic rings. The zero-order valence-corrected chi connectivity index (χ0v) is 9.85. The molecular formula is C10H20O3S. The maximum absolute atomic E-state index is 5.11. The smallest absolute Gasteiger partial charge is 0.141 e. The first kappa shape index (κ1) is 12.3. The minimum atomic E-state index is 0.169. The molecule has 84 valence electrons. The van der Waals surface area contributed by atoms with E-state index in [-0.39, 0.29) is 5.44 Å². The van der Waals surface area contributed by atoms with Crippen LogP contribution in [0.5, 0.6) is 0 Å². The highest BCUT2D eigenvalue weighted by molar-refractivity contribution is 7.99. The third-order valence-corrected chi connectivity index (χ3v) is 3.32. The van der Waals surface area contributed by atoms with Crippen LogP contribution >= 0.6 is 11.8 Å². The Bertz CT molecular complexity index is 135. The average Bonchev–Trinajstić information content (AvgIpc) is 2.18. The highest BCUT2D eigenvalue weighted by Crippen LogP contribution is 2.25. The van der Waals surface area contributed by atoms with Gasteiger partial charge in [-0.05, 0) is 37.4 Å². The Hall–Kier alpha value is 0.230. The van der Waals surface area contributed by atoms with Crippen molar-refractivity contribution in [1.82, 2.24) is 0 Å². The lowest BCUT2D eigenvalue weighted by molar-refractivity contribution is -0.518. The highest BCUT2D eigenvalue weighted by atomic mass is 32.2. The molecule has 0 aromatic carbocycles. The first-order valence-corrected chi connectivity index (χ1v) is 6.40. The van der Waals surface area contributed by atoms with Gasteiger partial charge >= 0.3 is 0 Å². The SMILES string of the molecule is CC(C)CCOOOC1CCCCS1. The van der Waals surface area contributed by atoms with Gasteiger partial charge in [-0.2, -0.15) is 4.89 Å². The molecule has 3 nitrogen and oxygen atoms in total. The molecule has 14 heavy (non-hydrogen) atoms. The summed E-state index contributed by atoms with van der Waals surface area (Å²) in [7, 11) is 0. The first-order chi connectivity index (χ1) is 6.79. The van der Waals surface area contributed by atoms with E-state index in [0.29, 0.717) is 12.5 Å². The molecule has 1 atom stereocenters. The molecule has 0 aromatic heterocycles. The van der Waals surface area contributed by atoms with Crippen LogP contribution in [0.15, 0.2) is 0 Å². The van der Waals surface area contributed by atoms with E-state index < -0.39 is 0 Å². The Morgan fingerprint density at radius 2 is 2.21 bits per heavy atom. The van der Waals surface area contributed by atoms with Crippen LogP contribution in [0.4, 0.5) is 0 Å². The number of hydrogen-bond donors (Lipinski definition) is 0. The molecular weight excluding hydrogens is 200 g/mol. The van der Waals surface area contributed by atoms with Crippen molar-refractivity contribution in [2.24, 2.45) is 5.92 Å². The van der Waals surface area contributed by atoms with Gasteiger partial charge in [-0.3, -0.25) is 0 Å². The van der Waals surface area contributed by atoms with E-state index in [0.717, 1.165) is 12.8 Å². The standard InChI is InChI=1S/C10H20O3S/c1-9(2)6-7-11-13-12-10-5-3-4-8-14-10/h9-10H,3-8H2,1-2H3. The second-order valence-electron chi connectivity index (χ2n) is 3.96. The molecule has 1 heterocycles. The lowest BCUT2D eigenvalue weighted by atomic mass is 10.1. The van der Waals surface area contributed by atoms with E-state index in [1.807, 2.05) is 0 Å². The molecule has 0 bridgehead atoms. The molecule has 0 aliphatic carbocycles. The number of thioether (sulfide) groups is 1. The van der Waals surface area contributed by atoms with Crippen LogP contribution in [0.2, 0.25) is 0 Å². The summed E-state index contributed by atoms with van der Waals surface area (Å²) in [4.78, 5) is 10.0. The average molecular weight is 220 g/mol. The fourth-order valence-electron chi connectivity index (χ4n) is 1.18. The normalized spacial score (nSPS) is 22.9. The van der Waals surface area contributed by atoms with Gasteiger partial charge in [0.25, 0.3) is 0 Å². The van der Waals surface area contributed by atoms with Crippen molar-refractivity contribution in [2.45, 2.75) is 45.0 Å². The van der Waals surface area contributed by atoms with Crippen molar-refractivity contribution >= 4 is 11.8 Å². The maximum atomic E-state index is 5.11. The summed E-state index contributed by atoms with van der Waals surface area (Å²) >= 11 is 1.80. The van der Waals surface area contributed by atoms with E-state index >= 15 is 0 Å². The topological polar surface area (TPSA) is 27.7 Å². The summed E-state index contributed by atoms with van der Waals surface area (Å²) in [6, 6.07) is 0. The molecule has 0 spiro atoms. The second-order valence-corrected chi connectivity index (χ2v) is 5.23. The summed E-state index contributed by atoms with van der Waals surface area (Å²) in [5.74, 6) is 1.81. The van der Waals surface area contributed by atoms with Crippen molar-refractivity contribution in [3.63, 3.8) is 0 Å². The molecule has 1 rings (SSSR count). The third-order valence-electron chi connectivity index (χ3n) is 2.11. The second kappa shape index (κ2) is 7.51. The zero-order valence-electron chi connectivity index (χ0n) is 9.03. The summed E-state index contributed by atoms with van der Waals surface area (Å²) in [6.07, 6.45) is 4.59. The van der Waals surface area contributed by atoms with Gasteiger partial charge in [-0.15, -0.1) is 11.8 Å². The van der Waals surface area contributed by atoms with E-state index in [4.69, 9.17) is 14.8 Å². The Morgan fingerprint density at radius 1 is 1.36 bits per heavy atom. The van der Waals surface area contributed by atoms with Crippen molar-refractivity contribution in [2.75, 3.05) is 12.4 Å². The summed E-state index contributed by atoms with van der Waals surface area (Å²) < 4.78 is 0. The van der Waals surface area contributed by atoms with E-state index in [1.165, 1.54) is 18.6 Å². The summed E-state index contributed by atoms with van der Waals surface area (Å²) in [5, 5.41) is 4.70. The van der Waals surface area contributed by atoms with Gasteiger partial charge < -0.3 is 0 Å². The molecule has 4 heteroatoms. The Balaban J connectivity index is 1.87. The molecule has 0 amide bonds. The lowest BCUT2D eigenvalue weighted by Gasteiger charge is -2.19. The Morgan fingerprint density at radius 3 is 2.86 bits per heavy atom. The van der Waals surface area contributed by atoms with Crippen LogP contribution in [-0.2, 0) is 14.8 Å².